The Bertz CT molecular complexity index is 2190. The van der Waals surface area contributed by atoms with Crippen molar-refractivity contribution in [3.8, 4) is 11.5 Å². The maximum atomic E-state index is 14.2. The number of carbonyl (C=O) groups is 1. The van der Waals surface area contributed by atoms with Crippen molar-refractivity contribution in [3.63, 3.8) is 0 Å². The molecule has 0 N–H and O–H groups in total. The minimum absolute atomic E-state index is 0.0152. The average molecular weight is 827 g/mol. The molecule has 0 saturated carbocycles. The van der Waals surface area contributed by atoms with Gasteiger partial charge in [0, 0.05) is 43.1 Å². The number of ether oxygens (including phenoxy) is 3. The lowest BCUT2D eigenvalue weighted by Crippen LogP contribution is -2.23. The van der Waals surface area contributed by atoms with Crippen molar-refractivity contribution in [2.45, 2.75) is 31.3 Å². The number of esters is 1. The van der Waals surface area contributed by atoms with E-state index in [1.807, 2.05) is 60.7 Å². The van der Waals surface area contributed by atoms with Gasteiger partial charge in [0.05, 0.1) is 39.9 Å². The van der Waals surface area contributed by atoms with Crippen LogP contribution >= 0.6 is 46.4 Å². The third-order valence-corrected chi connectivity index (χ3v) is 12.7. The van der Waals surface area contributed by atoms with Crippen LogP contribution in [0.2, 0.25) is 20.1 Å². The second-order valence-electron chi connectivity index (χ2n) is 14.2. The number of hydrogen-bond donors (Lipinski definition) is 0. The van der Waals surface area contributed by atoms with E-state index in [0.29, 0.717) is 17.1 Å². The van der Waals surface area contributed by atoms with E-state index in [0.717, 1.165) is 71.0 Å². The van der Waals surface area contributed by atoms with Crippen LogP contribution in [0.25, 0.3) is 11.1 Å². The van der Waals surface area contributed by atoms with Gasteiger partial charge in [0.15, 0.2) is 5.60 Å². The molecule has 2 saturated heterocycles. The van der Waals surface area contributed by atoms with Crippen LogP contribution in [-0.2, 0) is 10.3 Å². The smallest absolute Gasteiger partial charge is 0.341 e. The molecule has 3 heterocycles. The number of cyclic esters (lactones) is 1. The Morgan fingerprint density at radius 3 is 1.29 bits per heavy atom. The lowest BCUT2D eigenvalue weighted by molar-refractivity contribution is 0.0300. The first kappa shape index (κ1) is 38.3. The first-order valence-electron chi connectivity index (χ1n) is 18.7. The number of carbonyl (C=O) groups excluding carboxylic acids is 1. The van der Waals surface area contributed by atoms with Crippen molar-refractivity contribution < 1.29 is 19.0 Å². The van der Waals surface area contributed by atoms with Crippen molar-refractivity contribution in [3.05, 3.63) is 163 Å². The minimum Gasteiger partial charge on any atom is -0.497 e. The quantitative estimate of drug-likeness (QED) is 0.0794. The molecule has 8 rings (SSSR count). The molecular weight excluding hydrogens is 786 g/mol. The lowest BCUT2D eigenvalue weighted by atomic mass is 9.83. The van der Waals surface area contributed by atoms with E-state index in [-0.39, 0.29) is 25.7 Å². The van der Waals surface area contributed by atoms with E-state index < -0.39 is 11.6 Å². The Morgan fingerprint density at radius 1 is 0.554 bits per heavy atom. The van der Waals surface area contributed by atoms with Crippen LogP contribution in [0, 0.1) is 0 Å². The zero-order chi connectivity index (χ0) is 39.0. The Balaban J connectivity index is 1.41. The molecule has 0 aliphatic carbocycles. The minimum atomic E-state index is -1.62. The maximum absolute atomic E-state index is 14.2. The molecule has 56 heavy (non-hydrogen) atoms. The molecule has 0 bridgehead atoms. The van der Waals surface area contributed by atoms with Crippen LogP contribution in [0.5, 0.6) is 11.5 Å². The molecule has 3 aliphatic rings. The van der Waals surface area contributed by atoms with Crippen molar-refractivity contribution >= 4 is 74.9 Å². The molecule has 0 atom stereocenters. The Hall–Kier alpha value is -4.59. The second kappa shape index (κ2) is 16.1. The SMILES string of the molecule is COc1ccc(/C(=C\C2(/C=C(\c3ccc(OC)cc3)c3ccc(N4CCCC4)cc3)OC(=O)c3c(Cl)c(Cl)c(Cl)c(Cl)c32)c2ccc(N3CCCC3)cc2)cc1. The summed E-state index contributed by atoms with van der Waals surface area (Å²) in [5.74, 6) is 0.746. The van der Waals surface area contributed by atoms with E-state index >= 15 is 0 Å². The molecule has 3 aliphatic heterocycles. The zero-order valence-corrected chi connectivity index (χ0v) is 34.1. The summed E-state index contributed by atoms with van der Waals surface area (Å²) >= 11 is 27.4. The van der Waals surface area contributed by atoms with Crippen LogP contribution in [0.4, 0.5) is 11.4 Å². The lowest BCUT2D eigenvalue weighted by Gasteiger charge is -2.27. The molecule has 286 valence electrons. The molecule has 5 aromatic carbocycles. The summed E-state index contributed by atoms with van der Waals surface area (Å²) in [6.45, 7) is 4.10. The van der Waals surface area contributed by atoms with Gasteiger partial charge < -0.3 is 24.0 Å². The van der Waals surface area contributed by atoms with Gasteiger partial charge in [-0.15, -0.1) is 0 Å². The summed E-state index contributed by atoms with van der Waals surface area (Å²) in [6.07, 6.45) is 8.57. The standard InChI is InChI=1S/C46H40Cl4N2O4/c1-54-35-19-11-31(12-20-35)37(29-7-15-33(16-8-29)51-23-3-4-24-51)27-46(40-39(45(53)56-46)41(47)43(49)44(50)42(40)48)28-38(32-13-21-36(55-2)22-14-32)30-9-17-34(18-10-30)52-25-5-6-26-52/h7-22,27-28H,3-6,23-26H2,1-2H3/b37-27-,38-28-. The molecule has 5 aromatic rings. The van der Waals surface area contributed by atoms with E-state index in [1.54, 1.807) is 14.2 Å². The predicted octanol–water partition coefficient (Wildman–Crippen LogP) is 12.1. The zero-order valence-electron chi connectivity index (χ0n) is 31.1. The number of benzene rings is 5. The van der Waals surface area contributed by atoms with Crippen molar-refractivity contribution in [1.29, 1.82) is 0 Å². The van der Waals surface area contributed by atoms with Crippen LogP contribution in [0.1, 0.15) is 63.9 Å². The largest absolute Gasteiger partial charge is 0.497 e. The molecule has 2 fully saturated rings. The monoisotopic (exact) mass is 824 g/mol. The molecule has 0 unspecified atom stereocenters. The van der Waals surface area contributed by atoms with Crippen LogP contribution < -0.4 is 19.3 Å². The molecule has 0 spiro atoms. The highest BCUT2D eigenvalue weighted by Crippen LogP contribution is 2.53. The van der Waals surface area contributed by atoms with Crippen molar-refractivity contribution in [2.75, 3.05) is 50.2 Å². The van der Waals surface area contributed by atoms with Gasteiger partial charge in [-0.1, -0.05) is 94.9 Å². The number of fused-ring (bicyclic) bond motifs is 1. The van der Waals surface area contributed by atoms with Crippen LogP contribution in [0.3, 0.4) is 0 Å². The topological polar surface area (TPSA) is 51.2 Å². The van der Waals surface area contributed by atoms with Gasteiger partial charge in [0.2, 0.25) is 0 Å². The second-order valence-corrected chi connectivity index (χ2v) is 15.8. The summed E-state index contributed by atoms with van der Waals surface area (Å²) in [6, 6.07) is 32.5. The third kappa shape index (κ3) is 7.25. The molecule has 0 radical (unpaired) electrons. The average Bonchev–Trinajstić information content (AvgIpc) is 4.03. The first-order valence-corrected chi connectivity index (χ1v) is 20.3. The highest BCUT2D eigenvalue weighted by atomic mass is 35.5. The fourth-order valence-electron chi connectivity index (χ4n) is 7.98. The van der Waals surface area contributed by atoms with Gasteiger partial charge >= 0.3 is 5.97 Å². The van der Waals surface area contributed by atoms with E-state index in [2.05, 4.69) is 58.3 Å². The number of rotatable bonds is 10. The number of anilines is 2. The summed E-state index contributed by atoms with van der Waals surface area (Å²) < 4.78 is 17.6. The first-order chi connectivity index (χ1) is 27.2. The Kier molecular flexibility index (Phi) is 11.0. The number of nitrogens with zero attached hydrogens (tertiary/aromatic N) is 2. The molecule has 0 amide bonds. The highest BCUT2D eigenvalue weighted by Gasteiger charge is 2.48. The van der Waals surface area contributed by atoms with Crippen LogP contribution in [0.15, 0.2) is 109 Å². The van der Waals surface area contributed by atoms with E-state index in [1.165, 1.54) is 25.7 Å². The van der Waals surface area contributed by atoms with Crippen LogP contribution in [-0.4, -0.2) is 46.4 Å². The maximum Gasteiger partial charge on any atom is 0.341 e. The summed E-state index contributed by atoms with van der Waals surface area (Å²) in [5, 5.41) is 0.0695. The van der Waals surface area contributed by atoms with Gasteiger partial charge in [-0.25, -0.2) is 4.79 Å². The highest BCUT2D eigenvalue weighted by molar-refractivity contribution is 6.53. The Labute approximate surface area is 347 Å². The summed E-state index contributed by atoms with van der Waals surface area (Å²) in [4.78, 5) is 19.0. The normalized spacial score (nSPS) is 16.6. The molecule has 6 nitrogen and oxygen atoms in total. The summed E-state index contributed by atoms with van der Waals surface area (Å²) in [7, 11) is 3.27. The van der Waals surface area contributed by atoms with E-state index in [4.69, 9.17) is 60.6 Å². The fourth-order valence-corrected chi connectivity index (χ4v) is 9.06. The number of methoxy groups -OCH3 is 2. The van der Waals surface area contributed by atoms with E-state index in [9.17, 15) is 4.79 Å². The van der Waals surface area contributed by atoms with Gasteiger partial charge in [0.1, 0.15) is 11.5 Å². The summed E-state index contributed by atoms with van der Waals surface area (Å²) in [5.41, 5.74) is 6.17. The predicted molar refractivity (Wildman–Crippen MR) is 229 cm³/mol. The Morgan fingerprint density at radius 2 is 0.911 bits per heavy atom. The molecule has 0 aromatic heterocycles. The third-order valence-electron chi connectivity index (χ3n) is 10.9. The van der Waals surface area contributed by atoms with Gasteiger partial charge in [0.25, 0.3) is 0 Å². The molecule has 10 heteroatoms. The van der Waals surface area contributed by atoms with Gasteiger partial charge in [-0.2, -0.15) is 0 Å². The van der Waals surface area contributed by atoms with Crippen molar-refractivity contribution in [2.24, 2.45) is 0 Å². The van der Waals surface area contributed by atoms with Gasteiger partial charge in [-0.3, -0.25) is 0 Å². The number of halogens is 4. The fraction of sp³-hybridized carbons (Fsp3) is 0.239. The number of hydrogen-bond acceptors (Lipinski definition) is 6. The van der Waals surface area contributed by atoms with Crippen molar-refractivity contribution in [1.82, 2.24) is 0 Å². The molecular formula is C46H40Cl4N2O4. The van der Waals surface area contributed by atoms with Gasteiger partial charge in [-0.05, 0) is 120 Å².